The highest BCUT2D eigenvalue weighted by molar-refractivity contribution is 5.94. The Morgan fingerprint density at radius 2 is 2.27 bits per heavy atom. The minimum atomic E-state index is -0.540. The number of likely N-dealkylation sites (tertiary alicyclic amines) is 1. The SMILES string of the molecule is COc1cc(-c2cc(C(=O)N3CCC(C=O)CC34CC4)[nH]n2)c(F)cn1. The minimum absolute atomic E-state index is 0.0252. The van der Waals surface area contributed by atoms with Gasteiger partial charge in [0.2, 0.25) is 5.88 Å². The van der Waals surface area contributed by atoms with Gasteiger partial charge in [0, 0.05) is 29.6 Å². The lowest BCUT2D eigenvalue weighted by Crippen LogP contribution is -2.48. The van der Waals surface area contributed by atoms with Crippen LogP contribution in [0.4, 0.5) is 4.39 Å². The Hall–Kier alpha value is -2.77. The van der Waals surface area contributed by atoms with Gasteiger partial charge in [-0.3, -0.25) is 9.89 Å². The summed E-state index contributed by atoms with van der Waals surface area (Å²) in [6.07, 6.45) is 5.29. The number of halogens is 1. The first-order chi connectivity index (χ1) is 12.6. The molecule has 1 amide bonds. The third kappa shape index (κ3) is 2.75. The molecule has 2 aliphatic rings. The number of nitrogens with one attached hydrogen (secondary N) is 1. The second kappa shape index (κ2) is 6.19. The molecule has 1 saturated carbocycles. The zero-order chi connectivity index (χ0) is 18.3. The number of rotatable bonds is 4. The van der Waals surface area contributed by atoms with Crippen LogP contribution in [-0.2, 0) is 4.79 Å². The highest BCUT2D eigenvalue weighted by Crippen LogP contribution is 2.50. The molecule has 3 heterocycles. The maximum atomic E-state index is 14.1. The second-order valence-electron chi connectivity index (χ2n) is 6.94. The number of aldehydes is 1. The van der Waals surface area contributed by atoms with Gasteiger partial charge in [-0.1, -0.05) is 0 Å². The fourth-order valence-electron chi connectivity index (χ4n) is 3.73. The van der Waals surface area contributed by atoms with E-state index in [-0.39, 0.29) is 28.8 Å². The Morgan fingerprint density at radius 3 is 2.96 bits per heavy atom. The Bertz CT molecular complexity index is 862. The van der Waals surface area contributed by atoms with Crippen LogP contribution in [0.2, 0.25) is 0 Å². The summed E-state index contributed by atoms with van der Waals surface area (Å²) in [5.74, 6) is -0.406. The zero-order valence-electron chi connectivity index (χ0n) is 14.4. The molecule has 0 radical (unpaired) electrons. The number of aromatic amines is 1. The maximum absolute atomic E-state index is 14.1. The lowest BCUT2D eigenvalue weighted by Gasteiger charge is -2.38. The van der Waals surface area contributed by atoms with E-state index in [1.807, 2.05) is 4.90 Å². The molecule has 7 nitrogen and oxygen atoms in total. The number of hydrogen-bond acceptors (Lipinski definition) is 5. The van der Waals surface area contributed by atoms with Crippen molar-refractivity contribution in [2.45, 2.75) is 31.2 Å². The van der Waals surface area contributed by atoms with E-state index >= 15 is 0 Å². The molecule has 1 aliphatic carbocycles. The van der Waals surface area contributed by atoms with Gasteiger partial charge < -0.3 is 14.4 Å². The monoisotopic (exact) mass is 358 g/mol. The number of ether oxygens (including phenoxy) is 1. The minimum Gasteiger partial charge on any atom is -0.481 e. The molecule has 2 aromatic rings. The van der Waals surface area contributed by atoms with Crippen molar-refractivity contribution in [1.29, 1.82) is 0 Å². The molecule has 1 N–H and O–H groups in total. The highest BCUT2D eigenvalue weighted by Gasteiger charge is 2.53. The number of H-pyrrole nitrogens is 1. The number of amides is 1. The Morgan fingerprint density at radius 1 is 1.46 bits per heavy atom. The van der Waals surface area contributed by atoms with E-state index in [9.17, 15) is 14.0 Å². The molecule has 1 saturated heterocycles. The smallest absolute Gasteiger partial charge is 0.272 e. The maximum Gasteiger partial charge on any atom is 0.272 e. The van der Waals surface area contributed by atoms with E-state index < -0.39 is 5.82 Å². The molecule has 8 heteroatoms. The molecule has 1 atom stereocenters. The summed E-state index contributed by atoms with van der Waals surface area (Å²) in [6.45, 7) is 0.550. The number of nitrogens with zero attached hydrogens (tertiary/aromatic N) is 3. The number of methoxy groups -OCH3 is 1. The van der Waals surface area contributed by atoms with E-state index in [0.29, 0.717) is 24.4 Å². The van der Waals surface area contributed by atoms with Crippen molar-refractivity contribution in [2.75, 3.05) is 13.7 Å². The Balaban J connectivity index is 1.59. The number of hydrogen-bond donors (Lipinski definition) is 1. The van der Waals surface area contributed by atoms with Crippen molar-refractivity contribution in [1.82, 2.24) is 20.1 Å². The van der Waals surface area contributed by atoms with Gasteiger partial charge in [-0.15, -0.1) is 0 Å². The first-order valence-electron chi connectivity index (χ1n) is 8.59. The summed E-state index contributed by atoms with van der Waals surface area (Å²) in [6, 6.07) is 2.99. The van der Waals surface area contributed by atoms with Gasteiger partial charge in [0.05, 0.1) is 19.0 Å². The van der Waals surface area contributed by atoms with Crippen LogP contribution in [0.15, 0.2) is 18.3 Å². The third-order valence-electron chi connectivity index (χ3n) is 5.33. The molecule has 0 bridgehead atoms. The summed E-state index contributed by atoms with van der Waals surface area (Å²) < 4.78 is 19.1. The molecular weight excluding hydrogens is 339 g/mol. The molecule has 0 aromatic carbocycles. The van der Waals surface area contributed by atoms with Crippen molar-refractivity contribution < 1.29 is 18.7 Å². The third-order valence-corrected chi connectivity index (χ3v) is 5.33. The van der Waals surface area contributed by atoms with E-state index in [4.69, 9.17) is 4.74 Å². The zero-order valence-corrected chi connectivity index (χ0v) is 14.4. The molecule has 2 fully saturated rings. The fourth-order valence-corrected chi connectivity index (χ4v) is 3.73. The van der Waals surface area contributed by atoms with Gasteiger partial charge in [-0.25, -0.2) is 9.37 Å². The lowest BCUT2D eigenvalue weighted by molar-refractivity contribution is -0.113. The first kappa shape index (κ1) is 16.7. The number of carbonyl (C=O) groups is 2. The van der Waals surface area contributed by atoms with Crippen LogP contribution in [-0.4, -0.2) is 51.5 Å². The van der Waals surface area contributed by atoms with E-state index in [1.165, 1.54) is 13.2 Å². The van der Waals surface area contributed by atoms with Gasteiger partial charge >= 0.3 is 0 Å². The van der Waals surface area contributed by atoms with E-state index in [1.54, 1.807) is 6.07 Å². The predicted octanol–water partition coefficient (Wildman–Crippen LogP) is 2.20. The Kier molecular flexibility index (Phi) is 3.97. The average Bonchev–Trinajstić information content (AvgIpc) is 3.24. The van der Waals surface area contributed by atoms with Crippen LogP contribution >= 0.6 is 0 Å². The molecule has 1 aliphatic heterocycles. The summed E-state index contributed by atoms with van der Waals surface area (Å²) >= 11 is 0. The summed E-state index contributed by atoms with van der Waals surface area (Å²) in [5.41, 5.74) is 0.648. The molecule has 1 spiro atoms. The summed E-state index contributed by atoms with van der Waals surface area (Å²) in [7, 11) is 1.45. The number of carbonyl (C=O) groups excluding carboxylic acids is 2. The van der Waals surface area contributed by atoms with Crippen LogP contribution in [0.25, 0.3) is 11.3 Å². The molecule has 136 valence electrons. The van der Waals surface area contributed by atoms with Crippen LogP contribution < -0.4 is 4.74 Å². The predicted molar refractivity (Wildman–Crippen MR) is 90.1 cm³/mol. The average molecular weight is 358 g/mol. The van der Waals surface area contributed by atoms with Gasteiger partial charge in [0.15, 0.2) is 5.82 Å². The van der Waals surface area contributed by atoms with Crippen molar-refractivity contribution in [3.05, 3.63) is 29.8 Å². The van der Waals surface area contributed by atoms with Gasteiger partial charge in [0.1, 0.15) is 12.0 Å². The standard InChI is InChI=1S/C18H19FN4O3/c1-26-16-6-12(13(19)9-20-16)14-7-15(22-21-14)17(25)23-5-2-11(10-24)8-18(23)3-4-18/h6-7,9-11H,2-5,8H2,1H3,(H,21,22). The summed E-state index contributed by atoms with van der Waals surface area (Å²) in [4.78, 5) is 29.7. The Labute approximate surface area is 149 Å². The normalized spacial score (nSPS) is 20.8. The quantitative estimate of drug-likeness (QED) is 0.847. The lowest BCUT2D eigenvalue weighted by atomic mass is 9.90. The second-order valence-corrected chi connectivity index (χ2v) is 6.94. The van der Waals surface area contributed by atoms with Crippen LogP contribution in [0, 0.1) is 11.7 Å². The number of pyridine rings is 1. The van der Waals surface area contributed by atoms with Gasteiger partial charge in [-0.2, -0.15) is 5.10 Å². The largest absolute Gasteiger partial charge is 0.481 e. The molecule has 2 aromatic heterocycles. The van der Waals surface area contributed by atoms with Crippen molar-refractivity contribution >= 4 is 12.2 Å². The van der Waals surface area contributed by atoms with Crippen molar-refractivity contribution in [3.8, 4) is 17.1 Å². The van der Waals surface area contributed by atoms with Gasteiger partial charge in [-0.05, 0) is 31.7 Å². The fraction of sp³-hybridized carbons (Fsp3) is 0.444. The molecule has 26 heavy (non-hydrogen) atoms. The molecular formula is C18H19FN4O3. The van der Waals surface area contributed by atoms with Crippen molar-refractivity contribution in [3.63, 3.8) is 0 Å². The van der Waals surface area contributed by atoms with E-state index in [2.05, 4.69) is 15.2 Å². The molecule has 4 rings (SSSR count). The topological polar surface area (TPSA) is 88.2 Å². The van der Waals surface area contributed by atoms with Crippen LogP contribution in [0.3, 0.4) is 0 Å². The van der Waals surface area contributed by atoms with E-state index in [0.717, 1.165) is 31.7 Å². The summed E-state index contributed by atoms with van der Waals surface area (Å²) in [5, 5.41) is 6.80. The van der Waals surface area contributed by atoms with Crippen LogP contribution in [0.5, 0.6) is 5.88 Å². The van der Waals surface area contributed by atoms with Gasteiger partial charge in [0.25, 0.3) is 5.91 Å². The molecule has 1 unspecified atom stereocenters. The highest BCUT2D eigenvalue weighted by atomic mass is 19.1. The first-order valence-corrected chi connectivity index (χ1v) is 8.59. The number of aromatic nitrogens is 3. The van der Waals surface area contributed by atoms with Crippen molar-refractivity contribution in [2.24, 2.45) is 5.92 Å². The number of piperidine rings is 1. The van der Waals surface area contributed by atoms with Crippen LogP contribution in [0.1, 0.15) is 36.2 Å².